The second kappa shape index (κ2) is 2.72. The molecule has 0 aromatic heterocycles. The van der Waals surface area contributed by atoms with Gasteiger partial charge >= 0.3 is 0 Å². The van der Waals surface area contributed by atoms with Crippen molar-refractivity contribution in [2.45, 2.75) is 45.7 Å². The van der Waals surface area contributed by atoms with Crippen LogP contribution in [-0.2, 0) is 4.79 Å². The molecule has 2 aliphatic rings. The summed E-state index contributed by atoms with van der Waals surface area (Å²) >= 11 is 0. The number of hydrogen-bond donors (Lipinski definition) is 2. The molecule has 1 amide bonds. The highest BCUT2D eigenvalue weighted by Gasteiger charge is 2.61. The minimum atomic E-state index is -0.0261. The first-order valence-electron chi connectivity index (χ1n) is 5.41. The summed E-state index contributed by atoms with van der Waals surface area (Å²) in [5, 5.41) is 6.45. The summed E-state index contributed by atoms with van der Waals surface area (Å²) < 4.78 is 0. The maximum absolute atomic E-state index is 11.5. The molecular weight excluding hydrogens is 176 g/mol. The van der Waals surface area contributed by atoms with Crippen molar-refractivity contribution in [1.29, 1.82) is 0 Å². The minimum Gasteiger partial charge on any atom is -0.348 e. The fraction of sp³-hybridized carbons (Fsp3) is 0.909. The van der Waals surface area contributed by atoms with Crippen LogP contribution in [0.1, 0.15) is 34.1 Å². The van der Waals surface area contributed by atoms with Gasteiger partial charge in [0.05, 0.1) is 11.6 Å². The summed E-state index contributed by atoms with van der Waals surface area (Å²) in [6, 6.07) is -0.0261. The van der Waals surface area contributed by atoms with Gasteiger partial charge in [0.15, 0.2) is 0 Å². The summed E-state index contributed by atoms with van der Waals surface area (Å²) in [5.74, 6) is 0.780. The monoisotopic (exact) mass is 196 g/mol. The average Bonchev–Trinajstić information content (AvgIpc) is 2.73. The van der Waals surface area contributed by atoms with Crippen LogP contribution in [-0.4, -0.2) is 24.0 Å². The molecule has 1 saturated heterocycles. The van der Waals surface area contributed by atoms with E-state index in [9.17, 15) is 4.79 Å². The molecule has 2 rings (SSSR count). The molecule has 1 spiro atoms. The van der Waals surface area contributed by atoms with Gasteiger partial charge in [-0.1, -0.05) is 20.8 Å². The van der Waals surface area contributed by atoms with Crippen LogP contribution in [0.5, 0.6) is 0 Å². The standard InChI is InChI=1S/C11H20N2O/c1-7-9(14)13-11(6-12-7)5-8(11)10(2,3)4/h7-8,12H,5-6H2,1-4H3,(H,13,14). The van der Waals surface area contributed by atoms with Gasteiger partial charge in [-0.3, -0.25) is 4.79 Å². The molecule has 1 saturated carbocycles. The fourth-order valence-corrected chi connectivity index (χ4v) is 2.60. The number of amides is 1. The molecule has 0 radical (unpaired) electrons. The Bertz CT molecular complexity index is 269. The van der Waals surface area contributed by atoms with E-state index in [1.165, 1.54) is 0 Å². The molecule has 2 N–H and O–H groups in total. The largest absolute Gasteiger partial charge is 0.348 e. The molecule has 1 heterocycles. The Morgan fingerprint density at radius 3 is 2.50 bits per heavy atom. The van der Waals surface area contributed by atoms with Gasteiger partial charge in [0, 0.05) is 6.54 Å². The minimum absolute atomic E-state index is 0.0261. The van der Waals surface area contributed by atoms with Crippen LogP contribution in [0.3, 0.4) is 0 Å². The average molecular weight is 196 g/mol. The smallest absolute Gasteiger partial charge is 0.237 e. The van der Waals surface area contributed by atoms with Gasteiger partial charge in [0.2, 0.25) is 5.91 Å². The predicted octanol–water partition coefficient (Wildman–Crippen LogP) is 0.899. The van der Waals surface area contributed by atoms with Crippen LogP contribution >= 0.6 is 0 Å². The summed E-state index contributed by atoms with van der Waals surface area (Å²) in [5.41, 5.74) is 0.372. The normalized spacial score (nSPS) is 42.4. The second-order valence-corrected chi connectivity index (χ2v) is 5.87. The van der Waals surface area contributed by atoms with E-state index in [1.807, 2.05) is 6.92 Å². The lowest BCUT2D eigenvalue weighted by Crippen LogP contribution is -2.60. The number of rotatable bonds is 0. The van der Waals surface area contributed by atoms with Crippen LogP contribution in [0.2, 0.25) is 0 Å². The number of hydrogen-bond acceptors (Lipinski definition) is 2. The lowest BCUT2D eigenvalue weighted by Gasteiger charge is -2.32. The van der Waals surface area contributed by atoms with Crippen LogP contribution in [0.25, 0.3) is 0 Å². The molecule has 3 atom stereocenters. The molecule has 3 unspecified atom stereocenters. The van der Waals surface area contributed by atoms with Crippen molar-refractivity contribution >= 4 is 5.91 Å². The molecule has 3 nitrogen and oxygen atoms in total. The van der Waals surface area contributed by atoms with E-state index in [2.05, 4.69) is 31.4 Å². The van der Waals surface area contributed by atoms with Crippen molar-refractivity contribution < 1.29 is 4.79 Å². The predicted molar refractivity (Wildman–Crippen MR) is 55.9 cm³/mol. The zero-order chi connectivity index (χ0) is 10.6. The SMILES string of the molecule is CC1NCC2(CC2C(C)(C)C)NC1=O. The van der Waals surface area contributed by atoms with Crippen LogP contribution in [0.4, 0.5) is 0 Å². The first kappa shape index (κ1) is 9.97. The Labute approximate surface area is 85.6 Å². The van der Waals surface area contributed by atoms with Gasteiger partial charge in [-0.15, -0.1) is 0 Å². The first-order chi connectivity index (χ1) is 6.35. The van der Waals surface area contributed by atoms with Gasteiger partial charge in [0.1, 0.15) is 0 Å². The van der Waals surface area contributed by atoms with Crippen molar-refractivity contribution in [3.63, 3.8) is 0 Å². The van der Waals surface area contributed by atoms with Gasteiger partial charge in [-0.05, 0) is 24.7 Å². The summed E-state index contributed by atoms with van der Waals surface area (Å²) in [6.07, 6.45) is 1.13. The van der Waals surface area contributed by atoms with Gasteiger partial charge in [-0.25, -0.2) is 0 Å². The Kier molecular flexibility index (Phi) is 1.94. The van der Waals surface area contributed by atoms with E-state index in [-0.39, 0.29) is 17.5 Å². The maximum Gasteiger partial charge on any atom is 0.237 e. The van der Waals surface area contributed by atoms with Crippen molar-refractivity contribution in [2.75, 3.05) is 6.54 Å². The van der Waals surface area contributed by atoms with E-state index < -0.39 is 0 Å². The first-order valence-corrected chi connectivity index (χ1v) is 5.41. The van der Waals surface area contributed by atoms with Crippen molar-refractivity contribution in [2.24, 2.45) is 11.3 Å². The van der Waals surface area contributed by atoms with Crippen LogP contribution < -0.4 is 10.6 Å². The highest BCUT2D eigenvalue weighted by molar-refractivity contribution is 5.83. The van der Waals surface area contributed by atoms with E-state index in [0.29, 0.717) is 11.3 Å². The zero-order valence-electron chi connectivity index (χ0n) is 9.48. The third-order valence-electron chi connectivity index (χ3n) is 3.61. The molecule has 3 heteroatoms. The van der Waals surface area contributed by atoms with Crippen molar-refractivity contribution in [1.82, 2.24) is 10.6 Å². The Hall–Kier alpha value is -0.570. The third-order valence-corrected chi connectivity index (χ3v) is 3.61. The number of nitrogens with one attached hydrogen (secondary N) is 2. The highest BCUT2D eigenvalue weighted by Crippen LogP contribution is 2.54. The van der Waals surface area contributed by atoms with E-state index >= 15 is 0 Å². The highest BCUT2D eigenvalue weighted by atomic mass is 16.2. The molecule has 0 aromatic rings. The molecule has 1 aliphatic carbocycles. The van der Waals surface area contributed by atoms with Gasteiger partial charge in [-0.2, -0.15) is 0 Å². The molecule has 2 fully saturated rings. The topological polar surface area (TPSA) is 41.1 Å². The van der Waals surface area contributed by atoms with Crippen molar-refractivity contribution in [3.05, 3.63) is 0 Å². The fourth-order valence-electron chi connectivity index (χ4n) is 2.60. The van der Waals surface area contributed by atoms with Gasteiger partial charge in [0.25, 0.3) is 0 Å². The number of carbonyl (C=O) groups excluding carboxylic acids is 1. The summed E-state index contributed by atoms with van der Waals surface area (Å²) in [7, 11) is 0. The third kappa shape index (κ3) is 1.44. The number of piperazine rings is 1. The van der Waals surface area contributed by atoms with E-state index in [0.717, 1.165) is 13.0 Å². The maximum atomic E-state index is 11.5. The summed E-state index contributed by atoms with van der Waals surface area (Å²) in [4.78, 5) is 11.5. The Morgan fingerprint density at radius 1 is 1.43 bits per heavy atom. The molecular formula is C11H20N2O. The summed E-state index contributed by atoms with van der Waals surface area (Å²) in [6.45, 7) is 9.59. The lowest BCUT2D eigenvalue weighted by atomic mass is 9.86. The van der Waals surface area contributed by atoms with Gasteiger partial charge < -0.3 is 10.6 Å². The van der Waals surface area contributed by atoms with E-state index in [1.54, 1.807) is 0 Å². The van der Waals surface area contributed by atoms with Crippen LogP contribution in [0, 0.1) is 11.3 Å². The van der Waals surface area contributed by atoms with Crippen LogP contribution in [0.15, 0.2) is 0 Å². The zero-order valence-corrected chi connectivity index (χ0v) is 9.48. The molecule has 14 heavy (non-hydrogen) atoms. The lowest BCUT2D eigenvalue weighted by molar-refractivity contribution is -0.125. The van der Waals surface area contributed by atoms with Crippen molar-refractivity contribution in [3.8, 4) is 0 Å². The Morgan fingerprint density at radius 2 is 2.07 bits per heavy atom. The molecule has 1 aliphatic heterocycles. The second-order valence-electron chi connectivity index (χ2n) is 5.87. The quantitative estimate of drug-likeness (QED) is 0.604. The molecule has 0 aromatic carbocycles. The Balaban J connectivity index is 2.05. The number of carbonyl (C=O) groups is 1. The van der Waals surface area contributed by atoms with E-state index in [4.69, 9.17) is 0 Å². The molecule has 0 bridgehead atoms. The molecule has 80 valence electrons.